The van der Waals surface area contributed by atoms with E-state index in [0.717, 1.165) is 0 Å². The molecule has 2 N–H and O–H groups in total. The molecule has 7 heteroatoms. The number of amides is 1. The molecule has 0 spiro atoms. The quantitative estimate of drug-likeness (QED) is 0.745. The van der Waals surface area contributed by atoms with Gasteiger partial charge < -0.3 is 15.4 Å². The van der Waals surface area contributed by atoms with E-state index in [1.165, 1.54) is 0 Å². The minimum absolute atomic E-state index is 0.101. The fourth-order valence-electron chi connectivity index (χ4n) is 1.36. The molecule has 0 aliphatic rings. The lowest BCUT2D eigenvalue weighted by atomic mass is 10.4. The highest BCUT2D eigenvalue weighted by Crippen LogP contribution is 2.11. The number of carbonyl (C=O) groups is 1. The number of aromatic nitrogens is 2. The predicted molar refractivity (Wildman–Crippen MR) is 74.1 cm³/mol. The van der Waals surface area contributed by atoms with E-state index in [0.29, 0.717) is 30.0 Å². The zero-order valence-corrected chi connectivity index (χ0v) is 12.1. The van der Waals surface area contributed by atoms with Crippen LogP contribution >= 0.6 is 11.6 Å². The van der Waals surface area contributed by atoms with E-state index < -0.39 is 0 Å². The zero-order chi connectivity index (χ0) is 14.3. The molecule has 0 saturated carbocycles. The van der Waals surface area contributed by atoms with Gasteiger partial charge in [-0.3, -0.25) is 4.79 Å². The summed E-state index contributed by atoms with van der Waals surface area (Å²) < 4.78 is 5.22. The second kappa shape index (κ2) is 7.91. The van der Waals surface area contributed by atoms with Crippen LogP contribution in [0.3, 0.4) is 0 Å². The van der Waals surface area contributed by atoms with E-state index in [1.54, 1.807) is 6.07 Å². The van der Waals surface area contributed by atoms with Crippen molar-refractivity contribution in [3.63, 3.8) is 0 Å². The average molecular weight is 287 g/mol. The summed E-state index contributed by atoms with van der Waals surface area (Å²) in [5, 5.41) is 5.99. The first-order valence-electron chi connectivity index (χ1n) is 6.15. The minimum Gasteiger partial charge on any atom is -0.374 e. The average Bonchev–Trinajstić information content (AvgIpc) is 2.32. The van der Waals surface area contributed by atoms with Crippen LogP contribution in [-0.4, -0.2) is 35.1 Å². The summed E-state index contributed by atoms with van der Waals surface area (Å²) in [6, 6.07) is 1.68. The van der Waals surface area contributed by atoms with Crippen LogP contribution in [0.25, 0.3) is 0 Å². The summed E-state index contributed by atoms with van der Waals surface area (Å²) in [4.78, 5) is 19.7. The molecule has 106 valence electrons. The first-order valence-corrected chi connectivity index (χ1v) is 6.53. The summed E-state index contributed by atoms with van der Waals surface area (Å²) in [5.41, 5.74) is 0. The van der Waals surface area contributed by atoms with Crippen LogP contribution in [-0.2, 0) is 16.1 Å². The Morgan fingerprint density at radius 3 is 2.84 bits per heavy atom. The molecule has 1 rings (SSSR count). The highest BCUT2D eigenvalue weighted by atomic mass is 35.5. The number of anilines is 1. The molecule has 19 heavy (non-hydrogen) atoms. The monoisotopic (exact) mass is 286 g/mol. The molecule has 0 atom stereocenters. The number of ether oxygens (including phenoxy) is 1. The van der Waals surface area contributed by atoms with E-state index in [1.807, 2.05) is 20.8 Å². The molecule has 0 aliphatic carbocycles. The molecule has 1 heterocycles. The van der Waals surface area contributed by atoms with Gasteiger partial charge in [-0.15, -0.1) is 0 Å². The number of carbonyl (C=O) groups excluding carboxylic acids is 1. The van der Waals surface area contributed by atoms with Crippen molar-refractivity contribution in [3.8, 4) is 0 Å². The van der Waals surface area contributed by atoms with Crippen LogP contribution in [0.1, 0.15) is 26.6 Å². The van der Waals surface area contributed by atoms with Crippen LogP contribution < -0.4 is 10.6 Å². The second-order valence-electron chi connectivity index (χ2n) is 4.21. The Morgan fingerprint density at radius 1 is 1.47 bits per heavy atom. The van der Waals surface area contributed by atoms with Crippen LogP contribution in [0.15, 0.2) is 6.07 Å². The van der Waals surface area contributed by atoms with Crippen molar-refractivity contribution in [1.82, 2.24) is 15.3 Å². The molecule has 0 radical (unpaired) electrons. The van der Waals surface area contributed by atoms with Crippen molar-refractivity contribution >= 4 is 23.3 Å². The second-order valence-corrected chi connectivity index (χ2v) is 4.59. The van der Waals surface area contributed by atoms with E-state index >= 15 is 0 Å². The Balaban J connectivity index is 2.57. The molecule has 0 unspecified atom stereocenters. The van der Waals surface area contributed by atoms with Crippen LogP contribution in [0.4, 0.5) is 5.82 Å². The Bertz CT molecular complexity index is 426. The van der Waals surface area contributed by atoms with Crippen LogP contribution in [0, 0.1) is 0 Å². The molecule has 1 aromatic heterocycles. The lowest BCUT2D eigenvalue weighted by Crippen LogP contribution is -2.35. The number of nitrogens with one attached hydrogen (secondary N) is 2. The third kappa shape index (κ3) is 6.35. The van der Waals surface area contributed by atoms with Gasteiger partial charge in [0.05, 0.1) is 6.54 Å². The van der Waals surface area contributed by atoms with Gasteiger partial charge in [0.15, 0.2) is 5.82 Å². The van der Waals surface area contributed by atoms with Gasteiger partial charge in [-0.05, 0) is 20.8 Å². The highest BCUT2D eigenvalue weighted by Gasteiger charge is 2.06. The van der Waals surface area contributed by atoms with Gasteiger partial charge in [0, 0.05) is 18.7 Å². The molecule has 0 saturated heterocycles. The van der Waals surface area contributed by atoms with E-state index in [-0.39, 0.29) is 18.5 Å². The molecular weight excluding hydrogens is 268 g/mol. The van der Waals surface area contributed by atoms with Crippen LogP contribution in [0.5, 0.6) is 0 Å². The van der Waals surface area contributed by atoms with Gasteiger partial charge >= 0.3 is 0 Å². The van der Waals surface area contributed by atoms with Crippen molar-refractivity contribution in [1.29, 1.82) is 0 Å². The SMILES string of the molecule is CCOCc1nc(Cl)cc(NCC(=O)NC(C)C)n1. The largest absolute Gasteiger partial charge is 0.374 e. The van der Waals surface area contributed by atoms with Gasteiger partial charge in [-0.2, -0.15) is 0 Å². The third-order valence-corrected chi connectivity index (χ3v) is 2.25. The number of halogens is 1. The number of nitrogens with zero attached hydrogens (tertiary/aromatic N) is 2. The van der Waals surface area contributed by atoms with E-state index in [4.69, 9.17) is 16.3 Å². The zero-order valence-electron chi connectivity index (χ0n) is 11.4. The maximum atomic E-state index is 11.5. The first-order chi connectivity index (χ1) is 9.01. The summed E-state index contributed by atoms with van der Waals surface area (Å²) >= 11 is 5.88. The molecule has 0 aromatic carbocycles. The van der Waals surface area contributed by atoms with Crippen molar-refractivity contribution in [3.05, 3.63) is 17.0 Å². The number of hydrogen-bond acceptors (Lipinski definition) is 5. The minimum atomic E-state index is -0.101. The molecule has 0 aliphatic heterocycles. The molecule has 1 aromatic rings. The Hall–Kier alpha value is -1.40. The van der Waals surface area contributed by atoms with Gasteiger partial charge in [0.2, 0.25) is 5.91 Å². The summed E-state index contributed by atoms with van der Waals surface area (Å²) in [7, 11) is 0. The first kappa shape index (κ1) is 15.7. The molecule has 0 fully saturated rings. The van der Waals surface area contributed by atoms with Gasteiger partial charge in [0.1, 0.15) is 17.6 Å². The lowest BCUT2D eigenvalue weighted by molar-refractivity contribution is -0.119. The van der Waals surface area contributed by atoms with Gasteiger partial charge in [-0.25, -0.2) is 9.97 Å². The summed E-state index contributed by atoms with van der Waals surface area (Å²) in [6.45, 7) is 6.71. The van der Waals surface area contributed by atoms with Crippen LogP contribution in [0.2, 0.25) is 5.15 Å². The molecule has 1 amide bonds. The Kier molecular flexibility index (Phi) is 6.52. The predicted octanol–water partition coefficient (Wildman–Crippen LogP) is 1.60. The highest BCUT2D eigenvalue weighted by molar-refractivity contribution is 6.29. The van der Waals surface area contributed by atoms with Gasteiger partial charge in [-0.1, -0.05) is 11.6 Å². The summed E-state index contributed by atoms with van der Waals surface area (Å²) in [6.07, 6.45) is 0. The molecular formula is C12H19ClN4O2. The third-order valence-electron chi connectivity index (χ3n) is 2.06. The normalized spacial score (nSPS) is 10.6. The standard InChI is InChI=1S/C12H19ClN4O2/c1-4-19-7-11-16-9(13)5-10(17-11)14-6-12(18)15-8(2)3/h5,8H,4,6-7H2,1-3H3,(H,15,18)(H,14,16,17). The smallest absolute Gasteiger partial charge is 0.239 e. The number of hydrogen-bond donors (Lipinski definition) is 2. The van der Waals surface area contributed by atoms with Crippen molar-refractivity contribution < 1.29 is 9.53 Å². The molecule has 6 nitrogen and oxygen atoms in total. The van der Waals surface area contributed by atoms with E-state index in [2.05, 4.69) is 20.6 Å². The number of rotatable bonds is 7. The fourth-order valence-corrected chi connectivity index (χ4v) is 1.56. The Morgan fingerprint density at radius 2 is 2.21 bits per heavy atom. The van der Waals surface area contributed by atoms with Crippen molar-refractivity contribution in [2.45, 2.75) is 33.4 Å². The lowest BCUT2D eigenvalue weighted by Gasteiger charge is -2.10. The maximum Gasteiger partial charge on any atom is 0.239 e. The van der Waals surface area contributed by atoms with Crippen molar-refractivity contribution in [2.24, 2.45) is 0 Å². The van der Waals surface area contributed by atoms with E-state index in [9.17, 15) is 4.79 Å². The maximum absolute atomic E-state index is 11.5. The Labute approximate surface area is 117 Å². The van der Waals surface area contributed by atoms with Crippen molar-refractivity contribution in [2.75, 3.05) is 18.5 Å². The summed E-state index contributed by atoms with van der Waals surface area (Å²) in [5.74, 6) is 0.894. The van der Waals surface area contributed by atoms with Gasteiger partial charge in [0.25, 0.3) is 0 Å². The fraction of sp³-hybridized carbons (Fsp3) is 0.583. The topological polar surface area (TPSA) is 76.1 Å². The molecule has 0 bridgehead atoms.